The fraction of sp³-hybridized carbons (Fsp3) is 0.222. The number of carbonyl (C=O) groups is 1. The summed E-state index contributed by atoms with van der Waals surface area (Å²) in [5.41, 5.74) is 2.14. The molecule has 24 heavy (non-hydrogen) atoms. The molecule has 0 heterocycles. The molecule has 126 valence electrons. The van der Waals surface area contributed by atoms with E-state index in [9.17, 15) is 4.79 Å². The van der Waals surface area contributed by atoms with Crippen LogP contribution in [0.5, 0.6) is 5.75 Å². The Balaban J connectivity index is 1.92. The van der Waals surface area contributed by atoms with E-state index in [-0.39, 0.29) is 12.1 Å². The Kier molecular flexibility index (Phi) is 6.14. The molecule has 2 aromatic rings. The van der Waals surface area contributed by atoms with Gasteiger partial charge in [-0.3, -0.25) is 0 Å². The largest absolute Gasteiger partial charge is 0.497 e. The van der Waals surface area contributed by atoms with E-state index in [1.165, 1.54) is 0 Å². The summed E-state index contributed by atoms with van der Waals surface area (Å²) >= 11 is 5.28. The monoisotopic (exact) mass is 344 g/mol. The minimum absolute atomic E-state index is 0.142. The molecular weight excluding hydrogens is 324 g/mol. The molecule has 0 aliphatic heterocycles. The van der Waals surface area contributed by atoms with Crippen molar-refractivity contribution in [1.29, 1.82) is 0 Å². The smallest absolute Gasteiger partial charge is 0.338 e. The van der Waals surface area contributed by atoms with Crippen LogP contribution in [0.15, 0.2) is 48.5 Å². The van der Waals surface area contributed by atoms with E-state index in [1.54, 1.807) is 31.4 Å². The van der Waals surface area contributed by atoms with Gasteiger partial charge in [-0.1, -0.05) is 0 Å². The Hall–Kier alpha value is -2.60. The zero-order valence-corrected chi connectivity index (χ0v) is 14.6. The molecule has 0 fully saturated rings. The van der Waals surface area contributed by atoms with Gasteiger partial charge in [0, 0.05) is 11.4 Å². The number of hydrogen-bond donors (Lipinski definition) is 2. The predicted octanol–water partition coefficient (Wildman–Crippen LogP) is 4.07. The summed E-state index contributed by atoms with van der Waals surface area (Å²) < 4.78 is 10.3. The highest BCUT2D eigenvalue weighted by atomic mass is 32.1. The number of esters is 1. The van der Waals surface area contributed by atoms with Crippen LogP contribution < -0.4 is 15.4 Å². The summed E-state index contributed by atoms with van der Waals surface area (Å²) in [4.78, 5) is 11.8. The number of nitrogens with one attached hydrogen (secondary N) is 2. The standard InChI is InChI=1S/C18H20N2O3S/c1-12(2)23-17(21)13-4-6-14(7-5-13)19-18(24)20-15-8-10-16(22-3)11-9-15/h4-12H,1-3H3,(H2,19,20,24). The molecule has 5 nitrogen and oxygen atoms in total. The molecule has 0 bridgehead atoms. The van der Waals surface area contributed by atoms with E-state index < -0.39 is 0 Å². The zero-order valence-electron chi connectivity index (χ0n) is 13.8. The lowest BCUT2D eigenvalue weighted by Gasteiger charge is -2.12. The van der Waals surface area contributed by atoms with Crippen molar-refractivity contribution in [1.82, 2.24) is 0 Å². The molecular formula is C18H20N2O3S. The molecule has 0 aromatic heterocycles. The number of ether oxygens (including phenoxy) is 2. The quantitative estimate of drug-likeness (QED) is 0.630. The average Bonchev–Trinajstić information content (AvgIpc) is 2.55. The molecule has 6 heteroatoms. The van der Waals surface area contributed by atoms with E-state index in [2.05, 4.69) is 10.6 Å². The van der Waals surface area contributed by atoms with Gasteiger partial charge in [0.2, 0.25) is 0 Å². The van der Waals surface area contributed by atoms with Crippen LogP contribution in [0.4, 0.5) is 11.4 Å². The second kappa shape index (κ2) is 8.31. The minimum Gasteiger partial charge on any atom is -0.497 e. The van der Waals surface area contributed by atoms with Crippen LogP contribution >= 0.6 is 12.2 Å². The summed E-state index contributed by atoms with van der Waals surface area (Å²) in [5, 5.41) is 6.60. The van der Waals surface area contributed by atoms with Gasteiger partial charge >= 0.3 is 5.97 Å². The number of thiocarbonyl (C=S) groups is 1. The van der Waals surface area contributed by atoms with E-state index in [0.717, 1.165) is 17.1 Å². The fourth-order valence-electron chi connectivity index (χ4n) is 1.94. The van der Waals surface area contributed by atoms with E-state index >= 15 is 0 Å². The molecule has 2 rings (SSSR count). The molecule has 0 aliphatic carbocycles. The first-order valence-corrected chi connectivity index (χ1v) is 7.92. The molecule has 2 aromatic carbocycles. The average molecular weight is 344 g/mol. The van der Waals surface area contributed by atoms with Crippen molar-refractivity contribution in [2.45, 2.75) is 20.0 Å². The van der Waals surface area contributed by atoms with Gasteiger partial charge in [0.1, 0.15) is 5.75 Å². The molecule has 0 aliphatic rings. The van der Waals surface area contributed by atoms with Crippen LogP contribution in [0.25, 0.3) is 0 Å². The van der Waals surface area contributed by atoms with Gasteiger partial charge in [-0.2, -0.15) is 0 Å². The SMILES string of the molecule is COc1ccc(NC(=S)Nc2ccc(C(=O)OC(C)C)cc2)cc1. The van der Waals surface area contributed by atoms with Gasteiger partial charge in [0.15, 0.2) is 5.11 Å². The number of hydrogen-bond acceptors (Lipinski definition) is 4. The Morgan fingerprint density at radius 1 is 0.958 bits per heavy atom. The van der Waals surface area contributed by atoms with Gasteiger partial charge in [0.05, 0.1) is 18.8 Å². The van der Waals surface area contributed by atoms with Crippen molar-refractivity contribution in [3.05, 3.63) is 54.1 Å². The highest BCUT2D eigenvalue weighted by Gasteiger charge is 2.09. The normalized spacial score (nSPS) is 10.2. The Bertz CT molecular complexity index is 697. The highest BCUT2D eigenvalue weighted by molar-refractivity contribution is 7.80. The van der Waals surface area contributed by atoms with Gasteiger partial charge in [0.25, 0.3) is 0 Å². The van der Waals surface area contributed by atoms with E-state index in [0.29, 0.717) is 10.7 Å². The zero-order chi connectivity index (χ0) is 17.5. The predicted molar refractivity (Wildman–Crippen MR) is 99.8 cm³/mol. The van der Waals surface area contributed by atoms with Crippen molar-refractivity contribution in [2.24, 2.45) is 0 Å². The minimum atomic E-state index is -0.338. The molecule has 0 spiro atoms. The molecule has 0 saturated carbocycles. The fourth-order valence-corrected chi connectivity index (χ4v) is 2.18. The Morgan fingerprint density at radius 3 is 1.92 bits per heavy atom. The first-order chi connectivity index (χ1) is 11.5. The van der Waals surface area contributed by atoms with Crippen molar-refractivity contribution in [3.8, 4) is 5.75 Å². The molecule has 0 atom stereocenters. The summed E-state index contributed by atoms with van der Waals surface area (Å²) in [6, 6.07) is 14.4. The number of methoxy groups -OCH3 is 1. The van der Waals surface area contributed by atoms with E-state index in [1.807, 2.05) is 38.1 Å². The lowest BCUT2D eigenvalue weighted by Crippen LogP contribution is -2.19. The Labute approximate surface area is 147 Å². The van der Waals surface area contributed by atoms with Crippen molar-refractivity contribution in [3.63, 3.8) is 0 Å². The van der Waals surface area contributed by atoms with Gasteiger partial charge in [-0.25, -0.2) is 4.79 Å². The van der Waals surface area contributed by atoms with Crippen LogP contribution in [0, 0.1) is 0 Å². The summed E-state index contributed by atoms with van der Waals surface area (Å²) in [6.45, 7) is 3.63. The lowest BCUT2D eigenvalue weighted by atomic mass is 10.2. The number of anilines is 2. The van der Waals surface area contributed by atoms with E-state index in [4.69, 9.17) is 21.7 Å². The van der Waals surface area contributed by atoms with Crippen LogP contribution in [-0.4, -0.2) is 24.3 Å². The molecule has 0 radical (unpaired) electrons. The third-order valence-corrected chi connectivity index (χ3v) is 3.27. The Morgan fingerprint density at radius 2 is 1.46 bits per heavy atom. The maximum Gasteiger partial charge on any atom is 0.338 e. The number of carbonyl (C=O) groups excluding carboxylic acids is 1. The van der Waals surface area contributed by atoms with Gasteiger partial charge in [-0.15, -0.1) is 0 Å². The second-order valence-corrected chi connectivity index (χ2v) is 5.75. The highest BCUT2D eigenvalue weighted by Crippen LogP contribution is 2.16. The van der Waals surface area contributed by atoms with Crippen LogP contribution in [-0.2, 0) is 4.74 Å². The maximum atomic E-state index is 11.8. The molecule has 0 amide bonds. The number of benzene rings is 2. The maximum absolute atomic E-state index is 11.8. The third kappa shape index (κ3) is 5.24. The van der Waals surface area contributed by atoms with Crippen LogP contribution in [0.1, 0.15) is 24.2 Å². The van der Waals surface area contributed by atoms with Crippen LogP contribution in [0.3, 0.4) is 0 Å². The summed E-state index contributed by atoms with van der Waals surface area (Å²) in [7, 11) is 1.62. The van der Waals surface area contributed by atoms with Gasteiger partial charge in [-0.05, 0) is 74.6 Å². The van der Waals surface area contributed by atoms with Gasteiger partial charge < -0.3 is 20.1 Å². The molecule has 2 N–H and O–H groups in total. The summed E-state index contributed by atoms with van der Waals surface area (Å²) in [6.07, 6.45) is -0.142. The third-order valence-electron chi connectivity index (χ3n) is 3.07. The van der Waals surface area contributed by atoms with Crippen molar-refractivity contribution >= 4 is 34.7 Å². The first kappa shape index (κ1) is 17.7. The lowest BCUT2D eigenvalue weighted by molar-refractivity contribution is 0.0378. The molecule has 0 saturated heterocycles. The first-order valence-electron chi connectivity index (χ1n) is 7.51. The second-order valence-electron chi connectivity index (χ2n) is 5.34. The summed E-state index contributed by atoms with van der Waals surface area (Å²) in [5.74, 6) is 0.443. The van der Waals surface area contributed by atoms with Crippen LogP contribution in [0.2, 0.25) is 0 Å². The topological polar surface area (TPSA) is 59.6 Å². The van der Waals surface area contributed by atoms with Crippen molar-refractivity contribution in [2.75, 3.05) is 17.7 Å². The van der Waals surface area contributed by atoms with Crippen molar-refractivity contribution < 1.29 is 14.3 Å². The number of rotatable bonds is 5. The molecule has 0 unspecified atom stereocenters.